The molecule has 0 amide bonds. The highest BCUT2D eigenvalue weighted by molar-refractivity contribution is 7.92. The lowest BCUT2D eigenvalue weighted by Gasteiger charge is -2.22. The van der Waals surface area contributed by atoms with E-state index in [2.05, 4.69) is 9.82 Å². The van der Waals surface area contributed by atoms with E-state index in [0.29, 0.717) is 23.4 Å². The fourth-order valence-corrected chi connectivity index (χ4v) is 6.24. The van der Waals surface area contributed by atoms with Crippen LogP contribution < -0.4 is 4.72 Å². The van der Waals surface area contributed by atoms with Gasteiger partial charge in [-0.05, 0) is 60.3 Å². The number of nitrogens with one attached hydrogen (secondary N) is 1. The summed E-state index contributed by atoms with van der Waals surface area (Å²) in [6.07, 6.45) is 0.310. The van der Waals surface area contributed by atoms with E-state index in [9.17, 15) is 21.2 Å². The predicted octanol–water partition coefficient (Wildman–Crippen LogP) is 4.19. The van der Waals surface area contributed by atoms with E-state index in [0.717, 1.165) is 21.4 Å². The van der Waals surface area contributed by atoms with Gasteiger partial charge in [0, 0.05) is 17.0 Å². The Morgan fingerprint density at radius 2 is 1.84 bits per heavy atom. The normalized spacial score (nSPS) is 16.8. The number of hydrogen-bond acceptors (Lipinski definition) is 6. The maximum atomic E-state index is 13.3. The zero-order valence-corrected chi connectivity index (χ0v) is 19.4. The van der Waals surface area contributed by atoms with Crippen molar-refractivity contribution in [3.63, 3.8) is 0 Å². The molecule has 168 valence electrons. The molecule has 0 aliphatic carbocycles. The van der Waals surface area contributed by atoms with Gasteiger partial charge in [-0.25, -0.2) is 12.8 Å². The number of hydrazone groups is 1. The molecule has 1 aliphatic rings. The summed E-state index contributed by atoms with van der Waals surface area (Å²) in [7, 11) is -7.50. The molecule has 7 nitrogen and oxygen atoms in total. The molecular weight excluding hydrogens is 473 g/mol. The Morgan fingerprint density at radius 1 is 1.09 bits per heavy atom. The average molecular weight is 494 g/mol. The quantitative estimate of drug-likeness (QED) is 0.534. The SMILES string of the molecule is CCS(=O)(=O)Nc1cccc(C2=NN(S(=O)(=O)c3ccc(F)cc3)C(c3cccs3)C2)c1. The van der Waals surface area contributed by atoms with E-state index >= 15 is 0 Å². The van der Waals surface area contributed by atoms with Crippen molar-refractivity contribution in [1.29, 1.82) is 0 Å². The highest BCUT2D eigenvalue weighted by atomic mass is 32.2. The number of rotatable bonds is 7. The number of halogens is 1. The molecule has 1 aromatic heterocycles. The van der Waals surface area contributed by atoms with E-state index in [1.165, 1.54) is 30.4 Å². The lowest BCUT2D eigenvalue weighted by atomic mass is 10.0. The molecule has 11 heteroatoms. The van der Waals surface area contributed by atoms with Gasteiger partial charge < -0.3 is 0 Å². The first kappa shape index (κ1) is 22.4. The maximum Gasteiger partial charge on any atom is 0.279 e. The fourth-order valence-electron chi connectivity index (χ4n) is 3.31. The molecule has 1 atom stereocenters. The Labute approximate surface area is 190 Å². The highest BCUT2D eigenvalue weighted by Crippen LogP contribution is 2.39. The first-order valence-corrected chi connectivity index (χ1v) is 13.7. The van der Waals surface area contributed by atoms with Crippen LogP contribution in [0.4, 0.5) is 10.1 Å². The van der Waals surface area contributed by atoms with Crippen LogP contribution in [0.3, 0.4) is 0 Å². The van der Waals surface area contributed by atoms with Gasteiger partial charge in [0.05, 0.1) is 16.4 Å². The smallest absolute Gasteiger partial charge is 0.279 e. The summed E-state index contributed by atoms with van der Waals surface area (Å²) in [5.74, 6) is -0.599. The number of sulfonamides is 2. The van der Waals surface area contributed by atoms with Gasteiger partial charge in [0.1, 0.15) is 11.9 Å². The lowest BCUT2D eigenvalue weighted by molar-refractivity contribution is 0.375. The zero-order chi connectivity index (χ0) is 22.9. The van der Waals surface area contributed by atoms with E-state index in [4.69, 9.17) is 0 Å². The third-order valence-corrected chi connectivity index (χ3v) is 8.93. The molecule has 0 saturated carbocycles. The van der Waals surface area contributed by atoms with Crippen LogP contribution in [0, 0.1) is 5.82 Å². The Balaban J connectivity index is 1.74. The Morgan fingerprint density at radius 3 is 2.50 bits per heavy atom. The fraction of sp³-hybridized carbons (Fsp3) is 0.190. The molecule has 2 heterocycles. The van der Waals surface area contributed by atoms with Gasteiger partial charge in [0.15, 0.2) is 0 Å². The summed E-state index contributed by atoms with van der Waals surface area (Å²) >= 11 is 1.42. The largest absolute Gasteiger partial charge is 0.284 e. The number of anilines is 1. The van der Waals surface area contributed by atoms with Crippen molar-refractivity contribution in [3.8, 4) is 0 Å². The van der Waals surface area contributed by atoms with Crippen LogP contribution in [0.2, 0.25) is 0 Å². The second kappa shape index (κ2) is 8.64. The minimum absolute atomic E-state index is 0.0603. The Kier molecular flexibility index (Phi) is 6.06. The lowest BCUT2D eigenvalue weighted by Crippen LogP contribution is -2.26. The molecule has 1 N–H and O–H groups in total. The van der Waals surface area contributed by atoms with Crippen LogP contribution in [0.15, 0.2) is 76.0 Å². The number of hydrogen-bond donors (Lipinski definition) is 1. The molecule has 32 heavy (non-hydrogen) atoms. The van der Waals surface area contributed by atoms with E-state index in [-0.39, 0.29) is 10.6 Å². The monoisotopic (exact) mass is 493 g/mol. The van der Waals surface area contributed by atoms with Gasteiger partial charge >= 0.3 is 0 Å². The molecular formula is C21H20FN3O4S3. The third-order valence-electron chi connectivity index (χ3n) is 4.95. The molecule has 1 aliphatic heterocycles. The van der Waals surface area contributed by atoms with Crippen LogP contribution in [0.1, 0.15) is 29.8 Å². The molecule has 3 aromatic rings. The first-order valence-electron chi connectivity index (χ1n) is 9.71. The molecule has 0 saturated heterocycles. The van der Waals surface area contributed by atoms with Gasteiger partial charge in [-0.15, -0.1) is 11.3 Å². The van der Waals surface area contributed by atoms with Crippen molar-refractivity contribution in [2.24, 2.45) is 5.10 Å². The standard InChI is InChI=1S/C21H20FN3O4S3/c1-2-31(26,27)24-17-6-3-5-15(13-17)19-14-20(21-7-4-12-30-21)25(23-19)32(28,29)18-10-8-16(22)9-11-18/h3-13,20,24H,2,14H2,1H3. The van der Waals surface area contributed by atoms with Crippen LogP contribution in [-0.2, 0) is 20.0 Å². The second-order valence-corrected chi connectivity index (χ2v) is 11.9. The zero-order valence-electron chi connectivity index (χ0n) is 17.0. The minimum Gasteiger partial charge on any atom is -0.284 e. The van der Waals surface area contributed by atoms with Crippen LogP contribution in [0.5, 0.6) is 0 Å². The summed E-state index contributed by atoms with van der Waals surface area (Å²) in [5.41, 5.74) is 1.49. The highest BCUT2D eigenvalue weighted by Gasteiger charge is 2.38. The molecule has 0 bridgehead atoms. The van der Waals surface area contributed by atoms with Crippen molar-refractivity contribution in [2.45, 2.75) is 24.3 Å². The summed E-state index contributed by atoms with van der Waals surface area (Å²) < 4.78 is 67.4. The van der Waals surface area contributed by atoms with E-state index < -0.39 is 31.9 Å². The summed E-state index contributed by atoms with van der Waals surface area (Å²) in [4.78, 5) is 0.757. The van der Waals surface area contributed by atoms with Crippen LogP contribution in [-0.4, -0.2) is 32.7 Å². The number of nitrogens with zero attached hydrogens (tertiary/aromatic N) is 2. The van der Waals surface area contributed by atoms with Crippen LogP contribution >= 0.6 is 11.3 Å². The van der Waals surface area contributed by atoms with Gasteiger partial charge in [-0.3, -0.25) is 4.72 Å². The van der Waals surface area contributed by atoms with Crippen molar-refractivity contribution in [2.75, 3.05) is 10.5 Å². The average Bonchev–Trinajstić information content (AvgIpc) is 3.44. The number of thiophene rings is 1. The van der Waals surface area contributed by atoms with Crippen molar-refractivity contribution in [1.82, 2.24) is 4.41 Å². The minimum atomic E-state index is -4.04. The van der Waals surface area contributed by atoms with Crippen molar-refractivity contribution >= 4 is 42.8 Å². The third kappa shape index (κ3) is 4.54. The second-order valence-electron chi connectivity index (χ2n) is 7.10. The Bertz CT molecular complexity index is 1350. The van der Waals surface area contributed by atoms with Gasteiger partial charge in [0.2, 0.25) is 10.0 Å². The summed E-state index contributed by atoms with van der Waals surface area (Å²) in [6, 6.07) is 14.4. The number of benzene rings is 2. The topological polar surface area (TPSA) is 95.9 Å². The van der Waals surface area contributed by atoms with E-state index in [1.54, 1.807) is 24.3 Å². The van der Waals surface area contributed by atoms with Gasteiger partial charge in [-0.1, -0.05) is 18.2 Å². The maximum absolute atomic E-state index is 13.3. The predicted molar refractivity (Wildman–Crippen MR) is 123 cm³/mol. The molecule has 1 unspecified atom stereocenters. The molecule has 2 aromatic carbocycles. The van der Waals surface area contributed by atoms with Gasteiger partial charge in [0.25, 0.3) is 10.0 Å². The molecule has 0 radical (unpaired) electrons. The van der Waals surface area contributed by atoms with Crippen molar-refractivity contribution < 1.29 is 21.2 Å². The van der Waals surface area contributed by atoms with Gasteiger partial charge in [-0.2, -0.15) is 17.9 Å². The summed E-state index contributed by atoms with van der Waals surface area (Å²) in [5, 5.41) is 6.28. The molecule has 4 rings (SSSR count). The first-order chi connectivity index (χ1) is 15.2. The van der Waals surface area contributed by atoms with E-state index in [1.807, 2.05) is 17.5 Å². The van der Waals surface area contributed by atoms with Crippen molar-refractivity contribution in [3.05, 3.63) is 82.3 Å². The van der Waals surface area contributed by atoms with Crippen LogP contribution in [0.25, 0.3) is 0 Å². The Hall–Kier alpha value is -2.76. The summed E-state index contributed by atoms with van der Waals surface area (Å²) in [6.45, 7) is 1.54. The molecule has 0 spiro atoms. The molecule has 0 fully saturated rings.